The fourth-order valence-corrected chi connectivity index (χ4v) is 3.80. The van der Waals surface area contributed by atoms with Gasteiger partial charge in [0, 0.05) is 29.7 Å². The smallest absolute Gasteiger partial charge is 0.361 e. The lowest BCUT2D eigenvalue weighted by atomic mass is 9.99. The van der Waals surface area contributed by atoms with Crippen molar-refractivity contribution in [3.63, 3.8) is 0 Å². The summed E-state index contributed by atoms with van der Waals surface area (Å²) in [4.78, 5) is 5.37. The molecule has 0 aliphatic heterocycles. The zero-order valence-corrected chi connectivity index (χ0v) is 14.6. The van der Waals surface area contributed by atoms with Crippen molar-refractivity contribution < 1.29 is 13.2 Å². The molecule has 2 nitrogen and oxygen atoms in total. The maximum absolute atomic E-state index is 13.0. The molecule has 0 saturated heterocycles. The summed E-state index contributed by atoms with van der Waals surface area (Å²) in [5.41, 5.74) is 2.27. The highest BCUT2D eigenvalue weighted by Gasteiger charge is 2.37. The number of aromatic nitrogens is 1. The zero-order valence-electron chi connectivity index (χ0n) is 14.6. The van der Waals surface area contributed by atoms with Crippen molar-refractivity contribution in [3.8, 4) is 0 Å². The standard InChI is InChI=1S/C21H21F3N2/c1-26(13-14-5-3-2-4-6-14)20(15-7-8-15)18-12-25-19-11-16(21(22,23)24)9-10-17(18)19/h2-6,9-12,15,20,25H,7-8,13H2,1H3. The molecule has 0 bridgehead atoms. The Labute approximate surface area is 150 Å². The number of hydrogen-bond donors (Lipinski definition) is 1. The topological polar surface area (TPSA) is 19.0 Å². The molecule has 1 atom stereocenters. The first-order valence-corrected chi connectivity index (χ1v) is 8.86. The number of nitrogens with zero attached hydrogens (tertiary/aromatic N) is 1. The molecule has 1 saturated carbocycles. The van der Waals surface area contributed by atoms with Crippen molar-refractivity contribution in [1.29, 1.82) is 0 Å². The van der Waals surface area contributed by atoms with E-state index in [2.05, 4.69) is 29.1 Å². The predicted molar refractivity (Wildman–Crippen MR) is 96.7 cm³/mol. The number of fused-ring (bicyclic) bond motifs is 1. The average molecular weight is 358 g/mol. The van der Waals surface area contributed by atoms with Crippen LogP contribution in [-0.2, 0) is 12.7 Å². The highest BCUT2D eigenvalue weighted by atomic mass is 19.4. The van der Waals surface area contributed by atoms with E-state index in [1.807, 2.05) is 24.4 Å². The van der Waals surface area contributed by atoms with Crippen LogP contribution in [0.4, 0.5) is 13.2 Å². The number of nitrogens with one attached hydrogen (secondary N) is 1. The summed E-state index contributed by atoms with van der Waals surface area (Å²) in [6.07, 6.45) is -0.108. The SMILES string of the molecule is CN(Cc1ccccc1)C(c1c[nH]c2cc(C(F)(F)F)ccc12)C1CC1. The van der Waals surface area contributed by atoms with E-state index in [1.54, 1.807) is 6.07 Å². The lowest BCUT2D eigenvalue weighted by Crippen LogP contribution is -2.25. The molecular formula is C21H21F3N2. The monoisotopic (exact) mass is 358 g/mol. The molecule has 1 fully saturated rings. The Morgan fingerprint density at radius 1 is 1.12 bits per heavy atom. The van der Waals surface area contributed by atoms with E-state index < -0.39 is 11.7 Å². The summed E-state index contributed by atoms with van der Waals surface area (Å²) in [6.45, 7) is 0.815. The lowest BCUT2D eigenvalue weighted by molar-refractivity contribution is -0.137. The van der Waals surface area contributed by atoms with E-state index in [4.69, 9.17) is 0 Å². The van der Waals surface area contributed by atoms with Crippen LogP contribution in [0.5, 0.6) is 0 Å². The maximum atomic E-state index is 13.0. The van der Waals surface area contributed by atoms with Crippen LogP contribution in [0.2, 0.25) is 0 Å². The average Bonchev–Trinajstić information content (AvgIpc) is 3.35. The van der Waals surface area contributed by atoms with E-state index in [9.17, 15) is 13.2 Å². The molecule has 0 radical (unpaired) electrons. The van der Waals surface area contributed by atoms with Crippen LogP contribution in [0.25, 0.3) is 10.9 Å². The van der Waals surface area contributed by atoms with Gasteiger partial charge in [-0.2, -0.15) is 13.2 Å². The molecule has 1 aliphatic rings. The van der Waals surface area contributed by atoms with Crippen molar-refractivity contribution >= 4 is 10.9 Å². The molecule has 0 amide bonds. The Kier molecular flexibility index (Phi) is 4.27. The molecular weight excluding hydrogens is 337 g/mol. The van der Waals surface area contributed by atoms with Gasteiger partial charge >= 0.3 is 6.18 Å². The van der Waals surface area contributed by atoms with Gasteiger partial charge < -0.3 is 4.98 Å². The van der Waals surface area contributed by atoms with E-state index in [1.165, 1.54) is 17.7 Å². The van der Waals surface area contributed by atoms with Gasteiger partial charge in [-0.3, -0.25) is 4.90 Å². The van der Waals surface area contributed by atoms with E-state index in [0.717, 1.165) is 30.3 Å². The number of alkyl halides is 3. The van der Waals surface area contributed by atoms with Crippen LogP contribution in [0.3, 0.4) is 0 Å². The van der Waals surface area contributed by atoms with Crippen LogP contribution in [-0.4, -0.2) is 16.9 Å². The molecule has 1 aliphatic carbocycles. The van der Waals surface area contributed by atoms with Crippen molar-refractivity contribution in [2.75, 3.05) is 7.05 Å². The van der Waals surface area contributed by atoms with E-state index >= 15 is 0 Å². The van der Waals surface area contributed by atoms with Crippen molar-refractivity contribution in [1.82, 2.24) is 9.88 Å². The van der Waals surface area contributed by atoms with Crippen LogP contribution in [0.15, 0.2) is 54.7 Å². The first-order chi connectivity index (χ1) is 12.4. The molecule has 26 heavy (non-hydrogen) atoms. The fraction of sp³-hybridized carbons (Fsp3) is 0.333. The Morgan fingerprint density at radius 3 is 2.50 bits per heavy atom. The van der Waals surface area contributed by atoms with Gasteiger partial charge in [0.25, 0.3) is 0 Å². The first kappa shape index (κ1) is 17.2. The number of rotatable bonds is 5. The van der Waals surface area contributed by atoms with Crippen LogP contribution >= 0.6 is 0 Å². The Hall–Kier alpha value is -2.27. The van der Waals surface area contributed by atoms with E-state index in [-0.39, 0.29) is 6.04 Å². The number of halogens is 3. The highest BCUT2D eigenvalue weighted by Crippen LogP contribution is 2.46. The minimum absolute atomic E-state index is 0.209. The summed E-state index contributed by atoms with van der Waals surface area (Å²) in [5, 5.41) is 0.884. The minimum atomic E-state index is -4.32. The molecule has 3 aromatic rings. The molecule has 4 rings (SSSR count). The van der Waals surface area contributed by atoms with Crippen molar-refractivity contribution in [2.24, 2.45) is 5.92 Å². The third kappa shape index (κ3) is 3.36. The minimum Gasteiger partial charge on any atom is -0.361 e. The second-order valence-electron chi connectivity index (χ2n) is 7.19. The van der Waals surface area contributed by atoms with E-state index in [0.29, 0.717) is 11.4 Å². The van der Waals surface area contributed by atoms with Gasteiger partial charge in [-0.15, -0.1) is 0 Å². The van der Waals surface area contributed by atoms with Crippen LogP contribution < -0.4 is 0 Å². The zero-order chi connectivity index (χ0) is 18.3. The quantitative estimate of drug-likeness (QED) is 0.613. The van der Waals surface area contributed by atoms with Gasteiger partial charge in [-0.25, -0.2) is 0 Å². The maximum Gasteiger partial charge on any atom is 0.416 e. The molecule has 1 aromatic heterocycles. The molecule has 5 heteroatoms. The molecule has 2 aromatic carbocycles. The Balaban J connectivity index is 1.67. The van der Waals surface area contributed by atoms with Gasteiger partial charge in [-0.05, 0) is 49.1 Å². The second kappa shape index (κ2) is 6.47. The normalized spacial score (nSPS) is 16.3. The lowest BCUT2D eigenvalue weighted by Gasteiger charge is -2.28. The third-order valence-corrected chi connectivity index (χ3v) is 5.18. The molecule has 1 N–H and O–H groups in total. The Bertz CT molecular complexity index is 895. The molecule has 136 valence electrons. The van der Waals surface area contributed by atoms with Crippen molar-refractivity contribution in [2.45, 2.75) is 31.6 Å². The number of benzene rings is 2. The van der Waals surface area contributed by atoms with Gasteiger partial charge in [0.2, 0.25) is 0 Å². The second-order valence-corrected chi connectivity index (χ2v) is 7.19. The molecule has 0 spiro atoms. The van der Waals surface area contributed by atoms with Crippen LogP contribution in [0, 0.1) is 5.92 Å². The van der Waals surface area contributed by atoms with Gasteiger partial charge in [0.05, 0.1) is 5.56 Å². The Morgan fingerprint density at radius 2 is 1.85 bits per heavy atom. The number of H-pyrrole nitrogens is 1. The summed E-state index contributed by atoms with van der Waals surface area (Å²) >= 11 is 0. The highest BCUT2D eigenvalue weighted by molar-refractivity contribution is 5.84. The van der Waals surface area contributed by atoms with Gasteiger partial charge in [0.15, 0.2) is 0 Å². The molecule has 1 unspecified atom stereocenters. The molecule has 1 heterocycles. The van der Waals surface area contributed by atoms with Gasteiger partial charge in [0.1, 0.15) is 0 Å². The van der Waals surface area contributed by atoms with Crippen molar-refractivity contribution in [3.05, 3.63) is 71.4 Å². The first-order valence-electron chi connectivity index (χ1n) is 8.86. The summed E-state index contributed by atoms with van der Waals surface area (Å²) in [5.74, 6) is 0.560. The van der Waals surface area contributed by atoms with Crippen LogP contribution in [0.1, 0.15) is 35.6 Å². The summed E-state index contributed by atoms with van der Waals surface area (Å²) in [6, 6.07) is 14.5. The predicted octanol–water partition coefficient (Wildman–Crippen LogP) is 5.77. The fourth-order valence-electron chi connectivity index (χ4n) is 3.80. The number of hydrogen-bond acceptors (Lipinski definition) is 1. The number of aromatic amines is 1. The summed E-state index contributed by atoms with van der Waals surface area (Å²) in [7, 11) is 2.10. The van der Waals surface area contributed by atoms with Gasteiger partial charge in [-0.1, -0.05) is 36.4 Å². The largest absolute Gasteiger partial charge is 0.416 e. The summed E-state index contributed by atoms with van der Waals surface area (Å²) < 4.78 is 38.9. The third-order valence-electron chi connectivity index (χ3n) is 5.18.